The molecule has 160 valence electrons. The van der Waals surface area contributed by atoms with E-state index in [1.54, 1.807) is 28.9 Å². The van der Waals surface area contributed by atoms with Crippen LogP contribution in [0.1, 0.15) is 10.4 Å². The second-order valence-electron chi connectivity index (χ2n) is 6.93. The maximum atomic E-state index is 13.5. The molecule has 2 aromatic carbocycles. The number of fused-ring (bicyclic) bond motifs is 1. The fraction of sp³-hybridized carbons (Fsp3) is 0.136. The number of aromatic nitrogens is 4. The summed E-state index contributed by atoms with van der Waals surface area (Å²) in [5.74, 6) is -1.36. The highest BCUT2D eigenvalue weighted by atomic mass is 19.1. The fourth-order valence-corrected chi connectivity index (χ4v) is 3.35. The molecule has 0 unspecified atom stereocenters. The summed E-state index contributed by atoms with van der Waals surface area (Å²) in [4.78, 5) is 25.9. The SMILES string of the molecule is [C-]#[N+]CN(CCn1nc(-c2ccc(F)c(O)c2)c2c(N)ncnc21)C(=O)c1ccccc1. The number of hydrogen-bond acceptors (Lipinski definition) is 6. The van der Waals surface area contributed by atoms with Gasteiger partial charge >= 0.3 is 0 Å². The van der Waals surface area contributed by atoms with Gasteiger partial charge in [-0.2, -0.15) is 5.10 Å². The van der Waals surface area contributed by atoms with Gasteiger partial charge in [0.1, 0.15) is 17.8 Å². The fourth-order valence-electron chi connectivity index (χ4n) is 3.35. The van der Waals surface area contributed by atoms with Crippen molar-refractivity contribution in [3.8, 4) is 17.0 Å². The first kappa shape index (κ1) is 20.7. The molecule has 32 heavy (non-hydrogen) atoms. The lowest BCUT2D eigenvalue weighted by Gasteiger charge is -2.17. The molecule has 2 heterocycles. The number of carbonyl (C=O) groups excluding carboxylic acids is 1. The van der Waals surface area contributed by atoms with Crippen molar-refractivity contribution in [2.24, 2.45) is 0 Å². The highest BCUT2D eigenvalue weighted by molar-refractivity contribution is 5.98. The van der Waals surface area contributed by atoms with E-state index in [-0.39, 0.29) is 31.5 Å². The van der Waals surface area contributed by atoms with Crippen LogP contribution in [-0.4, -0.2) is 48.9 Å². The number of nitrogens with two attached hydrogens (primary N) is 1. The molecule has 1 amide bonds. The van der Waals surface area contributed by atoms with Crippen molar-refractivity contribution in [2.75, 3.05) is 18.9 Å². The number of nitrogen functional groups attached to an aromatic ring is 1. The summed E-state index contributed by atoms with van der Waals surface area (Å²) >= 11 is 0. The minimum absolute atomic E-state index is 0.108. The molecule has 0 aliphatic rings. The Morgan fingerprint density at radius 1 is 1.22 bits per heavy atom. The Kier molecular flexibility index (Phi) is 5.63. The second kappa shape index (κ2) is 8.69. The van der Waals surface area contributed by atoms with Crippen LogP contribution in [0.25, 0.3) is 27.1 Å². The zero-order valence-corrected chi connectivity index (χ0v) is 16.8. The van der Waals surface area contributed by atoms with Gasteiger partial charge in [-0.1, -0.05) is 18.2 Å². The number of nitrogens with zero attached hydrogens (tertiary/aromatic N) is 6. The molecule has 0 saturated heterocycles. The molecule has 0 spiro atoms. The molecule has 4 aromatic rings. The third kappa shape index (κ3) is 3.91. The summed E-state index contributed by atoms with van der Waals surface area (Å²) in [6, 6.07) is 12.6. The van der Waals surface area contributed by atoms with E-state index in [0.29, 0.717) is 27.9 Å². The Morgan fingerprint density at radius 3 is 2.72 bits per heavy atom. The van der Waals surface area contributed by atoms with Crippen LogP contribution in [0.5, 0.6) is 5.75 Å². The maximum Gasteiger partial charge on any atom is 0.291 e. The van der Waals surface area contributed by atoms with Crippen LogP contribution in [0.15, 0.2) is 54.9 Å². The number of benzene rings is 2. The lowest BCUT2D eigenvalue weighted by molar-refractivity contribution is 0.0766. The van der Waals surface area contributed by atoms with Gasteiger partial charge in [0.2, 0.25) is 0 Å². The molecule has 3 N–H and O–H groups in total. The predicted octanol–water partition coefficient (Wildman–Crippen LogP) is 2.94. The molecule has 0 aliphatic carbocycles. The van der Waals surface area contributed by atoms with Crippen molar-refractivity contribution in [1.82, 2.24) is 24.6 Å². The first-order valence-electron chi connectivity index (χ1n) is 9.63. The third-order valence-electron chi connectivity index (χ3n) is 4.91. The number of rotatable bonds is 6. The number of hydrogen-bond donors (Lipinski definition) is 2. The lowest BCUT2D eigenvalue weighted by atomic mass is 10.1. The van der Waals surface area contributed by atoms with E-state index in [1.807, 2.05) is 6.07 Å². The molecule has 0 aliphatic heterocycles. The van der Waals surface area contributed by atoms with Crippen molar-refractivity contribution in [3.63, 3.8) is 0 Å². The summed E-state index contributed by atoms with van der Waals surface area (Å²) in [5, 5.41) is 14.8. The molecule has 0 saturated carbocycles. The number of phenolic OH excluding ortho intramolecular Hbond substituents is 1. The maximum absolute atomic E-state index is 13.5. The first-order chi connectivity index (χ1) is 15.5. The minimum atomic E-state index is -0.754. The lowest BCUT2D eigenvalue weighted by Crippen LogP contribution is -2.33. The number of amides is 1. The van der Waals surface area contributed by atoms with Crippen LogP contribution in [0.2, 0.25) is 0 Å². The molecule has 0 atom stereocenters. The first-order valence-corrected chi connectivity index (χ1v) is 9.63. The predicted molar refractivity (Wildman–Crippen MR) is 116 cm³/mol. The summed E-state index contributed by atoms with van der Waals surface area (Å²) in [6.07, 6.45) is 1.30. The van der Waals surface area contributed by atoms with Crippen LogP contribution in [-0.2, 0) is 6.54 Å². The van der Waals surface area contributed by atoms with E-state index >= 15 is 0 Å². The smallest absolute Gasteiger partial charge is 0.291 e. The Bertz CT molecular complexity index is 1330. The molecule has 0 radical (unpaired) electrons. The largest absolute Gasteiger partial charge is 0.505 e. The van der Waals surface area contributed by atoms with E-state index in [9.17, 15) is 14.3 Å². The second-order valence-corrected chi connectivity index (χ2v) is 6.93. The van der Waals surface area contributed by atoms with Gasteiger partial charge in [-0.15, -0.1) is 0 Å². The average molecular weight is 431 g/mol. The van der Waals surface area contributed by atoms with Gasteiger partial charge in [0.15, 0.2) is 17.2 Å². The molecule has 4 rings (SSSR count). The molecule has 9 nitrogen and oxygen atoms in total. The Morgan fingerprint density at radius 2 is 2.00 bits per heavy atom. The van der Waals surface area contributed by atoms with Crippen LogP contribution in [0.3, 0.4) is 0 Å². The van der Waals surface area contributed by atoms with Gasteiger partial charge in [-0.25, -0.2) is 25.6 Å². The van der Waals surface area contributed by atoms with Gasteiger partial charge in [-0.05, 0) is 30.3 Å². The summed E-state index contributed by atoms with van der Waals surface area (Å²) < 4.78 is 15.1. The number of phenols is 1. The highest BCUT2D eigenvalue weighted by Crippen LogP contribution is 2.32. The standard InChI is InChI=1S/C22H18FN7O2/c1-25-13-29(22(32)14-5-3-2-4-6-14)9-10-30-21-18(20(24)26-12-27-21)19(28-30)15-7-8-16(23)17(31)11-15/h2-8,11-12,31H,9-10,13H2,(H2,24,26,27). The van der Waals surface area contributed by atoms with Crippen LogP contribution in [0, 0.1) is 12.4 Å². The summed E-state index contributed by atoms with van der Waals surface area (Å²) in [7, 11) is 0. The molecular weight excluding hydrogens is 413 g/mol. The van der Waals surface area contributed by atoms with E-state index in [2.05, 4.69) is 19.9 Å². The minimum Gasteiger partial charge on any atom is -0.505 e. The third-order valence-corrected chi connectivity index (χ3v) is 4.91. The van der Waals surface area contributed by atoms with Crippen molar-refractivity contribution in [1.29, 1.82) is 0 Å². The zero-order valence-electron chi connectivity index (χ0n) is 16.8. The highest BCUT2D eigenvalue weighted by Gasteiger charge is 2.21. The van der Waals surface area contributed by atoms with E-state index in [0.717, 1.165) is 6.07 Å². The average Bonchev–Trinajstić information content (AvgIpc) is 3.18. The van der Waals surface area contributed by atoms with Crippen LogP contribution in [0.4, 0.5) is 10.2 Å². The van der Waals surface area contributed by atoms with Gasteiger partial charge in [0.25, 0.3) is 12.6 Å². The van der Waals surface area contributed by atoms with Crippen LogP contribution >= 0.6 is 0 Å². The van der Waals surface area contributed by atoms with Crippen molar-refractivity contribution in [3.05, 3.63) is 77.7 Å². The Balaban J connectivity index is 1.68. The molecule has 0 bridgehead atoms. The number of aromatic hydroxyl groups is 1. The quantitative estimate of drug-likeness (QED) is 0.454. The number of carbonyl (C=O) groups is 1. The molecular formula is C22H18FN7O2. The van der Waals surface area contributed by atoms with Gasteiger partial charge < -0.3 is 10.8 Å². The van der Waals surface area contributed by atoms with Crippen molar-refractivity contribution in [2.45, 2.75) is 6.54 Å². The number of halogens is 1. The molecule has 0 fully saturated rings. The van der Waals surface area contributed by atoms with E-state index < -0.39 is 11.6 Å². The topological polar surface area (TPSA) is 115 Å². The van der Waals surface area contributed by atoms with Gasteiger partial charge in [0.05, 0.1) is 11.9 Å². The van der Waals surface area contributed by atoms with E-state index in [4.69, 9.17) is 12.3 Å². The zero-order chi connectivity index (χ0) is 22.7. The van der Waals surface area contributed by atoms with Crippen molar-refractivity contribution < 1.29 is 14.3 Å². The van der Waals surface area contributed by atoms with E-state index in [1.165, 1.54) is 23.4 Å². The summed E-state index contributed by atoms with van der Waals surface area (Å²) in [6.45, 7) is 7.52. The monoisotopic (exact) mass is 431 g/mol. The number of anilines is 1. The van der Waals surface area contributed by atoms with Gasteiger partial charge in [-0.3, -0.25) is 14.5 Å². The van der Waals surface area contributed by atoms with Gasteiger partial charge in [0, 0.05) is 17.7 Å². The molecule has 10 heteroatoms. The van der Waals surface area contributed by atoms with Crippen molar-refractivity contribution >= 4 is 22.8 Å². The normalized spacial score (nSPS) is 10.8. The van der Waals surface area contributed by atoms with Crippen LogP contribution < -0.4 is 5.73 Å². The molecule has 2 aromatic heterocycles. The Hall–Kier alpha value is -4.52. The summed E-state index contributed by atoms with van der Waals surface area (Å²) in [5.41, 5.74) is 7.77. The Labute approximate surface area is 182 Å².